The summed E-state index contributed by atoms with van der Waals surface area (Å²) in [6, 6.07) is 3.19. The fourth-order valence-corrected chi connectivity index (χ4v) is 6.33. The second-order valence-corrected chi connectivity index (χ2v) is 9.78. The van der Waals surface area contributed by atoms with Crippen LogP contribution in [0.4, 0.5) is 0 Å². The van der Waals surface area contributed by atoms with Crippen LogP contribution in [-0.4, -0.2) is 54.3 Å². The zero-order valence-electron chi connectivity index (χ0n) is 16.5. The molecule has 2 aliphatic heterocycles. The van der Waals surface area contributed by atoms with Gasteiger partial charge in [0.1, 0.15) is 6.61 Å². The van der Waals surface area contributed by atoms with Gasteiger partial charge in [-0.05, 0) is 56.6 Å². The number of thiophene rings is 1. The van der Waals surface area contributed by atoms with Crippen molar-refractivity contribution in [2.45, 2.75) is 70.1 Å². The third-order valence-electron chi connectivity index (χ3n) is 6.70. The second-order valence-electron chi connectivity index (χ2n) is 8.55. The number of piperidine rings is 1. The molecule has 1 aromatic heterocycles. The first-order chi connectivity index (χ1) is 13.0. The molecule has 2 N–H and O–H groups in total. The van der Waals surface area contributed by atoms with E-state index in [1.807, 2.05) is 11.3 Å². The highest BCUT2D eigenvalue weighted by molar-refractivity contribution is 7.12. The van der Waals surface area contributed by atoms with Crippen molar-refractivity contribution in [3.63, 3.8) is 0 Å². The van der Waals surface area contributed by atoms with Crippen molar-refractivity contribution in [2.75, 3.05) is 26.3 Å². The number of rotatable bonds is 5. The zero-order chi connectivity index (χ0) is 19.0. The highest BCUT2D eigenvalue weighted by atomic mass is 32.1. The summed E-state index contributed by atoms with van der Waals surface area (Å²) in [5.41, 5.74) is 1.42. The minimum Gasteiger partial charge on any atom is -0.387 e. The Morgan fingerprint density at radius 1 is 1.48 bits per heavy atom. The summed E-state index contributed by atoms with van der Waals surface area (Å²) >= 11 is 1.99. The van der Waals surface area contributed by atoms with Crippen LogP contribution >= 0.6 is 11.3 Å². The van der Waals surface area contributed by atoms with Gasteiger partial charge in [-0.15, -0.1) is 11.3 Å². The highest BCUT2D eigenvalue weighted by Crippen LogP contribution is 2.46. The Bertz CT molecular complexity index is 685. The summed E-state index contributed by atoms with van der Waals surface area (Å²) in [5.74, 6) is 0.403. The van der Waals surface area contributed by atoms with E-state index in [1.165, 1.54) is 10.4 Å². The topological polar surface area (TPSA) is 61.8 Å². The predicted octanol–water partition coefficient (Wildman–Crippen LogP) is 2.45. The molecule has 2 atom stereocenters. The number of aliphatic hydroxyl groups is 1. The third kappa shape index (κ3) is 3.82. The molecule has 0 radical (unpaired) electrons. The number of hydrogen-bond acceptors (Lipinski definition) is 5. The lowest BCUT2D eigenvalue weighted by Crippen LogP contribution is -2.54. The second kappa shape index (κ2) is 7.82. The van der Waals surface area contributed by atoms with E-state index in [0.29, 0.717) is 12.0 Å². The Morgan fingerprint density at radius 2 is 2.30 bits per heavy atom. The Labute approximate surface area is 166 Å². The van der Waals surface area contributed by atoms with Gasteiger partial charge in [0.25, 0.3) is 0 Å². The molecule has 0 bridgehead atoms. The summed E-state index contributed by atoms with van der Waals surface area (Å²) in [4.78, 5) is 16.9. The van der Waals surface area contributed by atoms with Crippen LogP contribution in [0.5, 0.6) is 0 Å². The Kier molecular flexibility index (Phi) is 5.61. The molecule has 1 spiro atoms. The van der Waals surface area contributed by atoms with Gasteiger partial charge in [0, 0.05) is 41.3 Å². The van der Waals surface area contributed by atoms with Gasteiger partial charge in [0.05, 0.1) is 12.2 Å². The van der Waals surface area contributed by atoms with E-state index in [2.05, 4.69) is 30.1 Å². The molecule has 0 aromatic carbocycles. The molecule has 1 saturated heterocycles. The number of aryl methyl sites for hydroxylation is 1. The van der Waals surface area contributed by atoms with Gasteiger partial charge in [-0.25, -0.2) is 0 Å². The fourth-order valence-electron chi connectivity index (χ4n) is 5.15. The van der Waals surface area contributed by atoms with Crippen LogP contribution < -0.4 is 5.32 Å². The maximum atomic E-state index is 11.3. The third-order valence-corrected chi connectivity index (χ3v) is 8.03. The van der Waals surface area contributed by atoms with E-state index in [4.69, 9.17) is 9.84 Å². The monoisotopic (exact) mass is 392 g/mol. The van der Waals surface area contributed by atoms with E-state index in [9.17, 15) is 4.79 Å². The van der Waals surface area contributed by atoms with Crippen LogP contribution in [0, 0.1) is 5.92 Å². The van der Waals surface area contributed by atoms with E-state index >= 15 is 0 Å². The summed E-state index contributed by atoms with van der Waals surface area (Å²) in [5, 5.41) is 11.7. The molecule has 4 rings (SSSR count). The van der Waals surface area contributed by atoms with Crippen molar-refractivity contribution in [3.8, 4) is 0 Å². The smallest absolute Gasteiger partial charge is 0.245 e. The maximum Gasteiger partial charge on any atom is 0.245 e. The normalized spacial score (nSPS) is 33.5. The average molecular weight is 393 g/mol. The molecule has 5 nitrogen and oxygen atoms in total. The largest absolute Gasteiger partial charge is 0.387 e. The molecule has 0 unspecified atom stereocenters. The quantitative estimate of drug-likeness (QED) is 0.808. The number of nitrogens with zero attached hydrogens (tertiary/aromatic N) is 1. The predicted molar refractivity (Wildman–Crippen MR) is 107 cm³/mol. The maximum absolute atomic E-state index is 11.3. The highest BCUT2D eigenvalue weighted by Gasteiger charge is 2.45. The molecular formula is C21H32N2O3S. The fraction of sp³-hybridized carbons (Fsp3) is 0.762. The van der Waals surface area contributed by atoms with E-state index in [1.54, 1.807) is 4.88 Å². The molecule has 27 heavy (non-hydrogen) atoms. The Balaban J connectivity index is 1.34. The lowest BCUT2D eigenvalue weighted by molar-refractivity contribution is -0.126. The molecular weight excluding hydrogens is 360 g/mol. The minimum atomic E-state index is -0.406. The first kappa shape index (κ1) is 19.4. The van der Waals surface area contributed by atoms with Crippen molar-refractivity contribution < 1.29 is 14.6 Å². The van der Waals surface area contributed by atoms with Gasteiger partial charge in [0.15, 0.2) is 0 Å². The van der Waals surface area contributed by atoms with Crippen LogP contribution in [0.2, 0.25) is 0 Å². The number of ether oxygens (including phenoxy) is 1. The molecule has 3 aliphatic rings. The number of nitrogens with one attached hydrogen (secondary N) is 1. The van der Waals surface area contributed by atoms with E-state index < -0.39 is 6.61 Å². The number of fused-ring (bicyclic) bond motifs is 2. The number of carbonyl (C=O) groups is 1. The van der Waals surface area contributed by atoms with Crippen LogP contribution in [0.25, 0.3) is 0 Å². The standard InChI is InChI=1S/C21H32N2O3S/c1-3-17-10-18-19(27-17)4-7-26-21(18)5-6-23(14(2)11-21)12-15-8-16(9-15)22-20(25)13-24/h10,14-16,24H,3-9,11-13H2,1-2H3,(H,22,25)/t14-,15-,16+,21+/m0/s1. The first-order valence-electron chi connectivity index (χ1n) is 10.4. The van der Waals surface area contributed by atoms with E-state index in [-0.39, 0.29) is 17.6 Å². The lowest BCUT2D eigenvalue weighted by atomic mass is 9.76. The number of likely N-dealkylation sites (tertiary alicyclic amines) is 1. The number of carbonyl (C=O) groups excluding carboxylic acids is 1. The summed E-state index contributed by atoms with van der Waals surface area (Å²) in [7, 11) is 0. The van der Waals surface area contributed by atoms with Crippen LogP contribution in [0.1, 0.15) is 54.8 Å². The average Bonchev–Trinajstić information content (AvgIpc) is 3.07. The molecule has 2 fully saturated rings. The van der Waals surface area contributed by atoms with E-state index in [0.717, 1.165) is 58.2 Å². The molecule has 1 amide bonds. The van der Waals surface area contributed by atoms with Crippen molar-refractivity contribution in [1.82, 2.24) is 10.2 Å². The lowest BCUT2D eigenvalue weighted by Gasteiger charge is -2.49. The Morgan fingerprint density at radius 3 is 3.00 bits per heavy atom. The minimum absolute atomic E-state index is 0.0648. The number of amides is 1. The number of hydrogen-bond donors (Lipinski definition) is 2. The molecule has 3 heterocycles. The van der Waals surface area contributed by atoms with Gasteiger partial charge in [0.2, 0.25) is 5.91 Å². The van der Waals surface area contributed by atoms with Crippen LogP contribution in [0.3, 0.4) is 0 Å². The summed E-state index contributed by atoms with van der Waals surface area (Å²) in [6.07, 6.45) is 6.42. The zero-order valence-corrected chi connectivity index (χ0v) is 17.3. The SMILES string of the molecule is CCc1cc2c(s1)CCO[C@@]21CCN(C[C@H]2C[C@@H](NC(=O)CO)C2)[C@@H](C)C1. The van der Waals surface area contributed by atoms with Crippen molar-refractivity contribution in [1.29, 1.82) is 0 Å². The molecule has 1 saturated carbocycles. The summed E-state index contributed by atoms with van der Waals surface area (Å²) in [6.45, 7) is 7.23. The summed E-state index contributed by atoms with van der Waals surface area (Å²) < 4.78 is 6.44. The van der Waals surface area contributed by atoms with Gasteiger partial charge >= 0.3 is 0 Å². The van der Waals surface area contributed by atoms with Gasteiger partial charge in [-0.3, -0.25) is 4.79 Å². The van der Waals surface area contributed by atoms with Crippen LogP contribution in [0.15, 0.2) is 6.07 Å². The van der Waals surface area contributed by atoms with Gasteiger partial charge in [-0.2, -0.15) is 0 Å². The van der Waals surface area contributed by atoms with Gasteiger partial charge in [-0.1, -0.05) is 6.92 Å². The first-order valence-corrected chi connectivity index (χ1v) is 11.2. The molecule has 1 aromatic rings. The van der Waals surface area contributed by atoms with Crippen LogP contribution in [-0.2, 0) is 28.0 Å². The molecule has 6 heteroatoms. The van der Waals surface area contributed by atoms with Crippen molar-refractivity contribution in [2.24, 2.45) is 5.92 Å². The molecule has 1 aliphatic carbocycles. The van der Waals surface area contributed by atoms with Gasteiger partial charge < -0.3 is 20.1 Å². The Hall–Kier alpha value is -0.950. The van der Waals surface area contributed by atoms with Crippen molar-refractivity contribution in [3.05, 3.63) is 21.4 Å². The molecule has 150 valence electrons. The number of aliphatic hydroxyl groups excluding tert-OH is 1. The van der Waals surface area contributed by atoms with Crippen molar-refractivity contribution >= 4 is 17.2 Å².